The minimum absolute atomic E-state index is 0.193. The van der Waals surface area contributed by atoms with Crippen LogP contribution < -0.4 is 10.6 Å². The second kappa shape index (κ2) is 8.67. The van der Waals surface area contributed by atoms with E-state index in [1.165, 1.54) is 0 Å². The van der Waals surface area contributed by atoms with Gasteiger partial charge in [-0.25, -0.2) is 4.98 Å². The van der Waals surface area contributed by atoms with Crippen LogP contribution >= 0.6 is 35.4 Å². The van der Waals surface area contributed by atoms with Gasteiger partial charge in [0, 0.05) is 21.8 Å². The SMILES string of the molecule is Cc1ccc(C(=O)NC(=S)Nc2cc(-c3nc4cc(Cl)cc(Cl)c4o3)ccc2C)cc1. The van der Waals surface area contributed by atoms with Crippen molar-refractivity contribution in [3.05, 3.63) is 81.3 Å². The maximum Gasteiger partial charge on any atom is 0.257 e. The van der Waals surface area contributed by atoms with Gasteiger partial charge in [-0.15, -0.1) is 0 Å². The van der Waals surface area contributed by atoms with Gasteiger partial charge < -0.3 is 9.73 Å². The van der Waals surface area contributed by atoms with E-state index in [9.17, 15) is 4.79 Å². The summed E-state index contributed by atoms with van der Waals surface area (Å²) in [5, 5.41) is 6.84. The molecule has 0 fully saturated rings. The van der Waals surface area contributed by atoms with E-state index in [1.807, 2.05) is 44.2 Å². The molecular weight excluding hydrogens is 453 g/mol. The molecule has 0 bridgehead atoms. The highest BCUT2D eigenvalue weighted by atomic mass is 35.5. The molecule has 0 unspecified atom stereocenters. The number of oxazole rings is 1. The molecule has 4 aromatic rings. The number of nitrogens with zero attached hydrogens (tertiary/aromatic N) is 1. The Hall–Kier alpha value is -2.93. The first kappa shape index (κ1) is 21.3. The number of halogens is 2. The van der Waals surface area contributed by atoms with Gasteiger partial charge in [0.25, 0.3) is 5.91 Å². The summed E-state index contributed by atoms with van der Waals surface area (Å²) in [6, 6.07) is 16.2. The molecule has 3 aromatic carbocycles. The van der Waals surface area contributed by atoms with Crippen LogP contribution in [0.3, 0.4) is 0 Å². The van der Waals surface area contributed by atoms with Crippen LogP contribution in [-0.4, -0.2) is 16.0 Å². The van der Waals surface area contributed by atoms with Crippen molar-refractivity contribution in [2.75, 3.05) is 5.32 Å². The van der Waals surface area contributed by atoms with Gasteiger partial charge in [-0.2, -0.15) is 0 Å². The van der Waals surface area contributed by atoms with Crippen molar-refractivity contribution in [3.8, 4) is 11.5 Å². The zero-order chi connectivity index (χ0) is 22.1. The van der Waals surface area contributed by atoms with Crippen LogP contribution in [0.15, 0.2) is 59.0 Å². The van der Waals surface area contributed by atoms with E-state index in [0.29, 0.717) is 32.6 Å². The number of aromatic nitrogens is 1. The van der Waals surface area contributed by atoms with E-state index >= 15 is 0 Å². The molecule has 0 atom stereocenters. The van der Waals surface area contributed by atoms with Crippen LogP contribution in [0, 0.1) is 13.8 Å². The first-order valence-electron chi connectivity index (χ1n) is 9.36. The van der Waals surface area contributed by atoms with Gasteiger partial charge in [-0.3, -0.25) is 10.1 Å². The number of rotatable bonds is 3. The number of nitrogens with one attached hydrogen (secondary N) is 2. The topological polar surface area (TPSA) is 67.2 Å². The molecule has 0 aliphatic carbocycles. The Bertz CT molecular complexity index is 1320. The summed E-state index contributed by atoms with van der Waals surface area (Å²) in [6.45, 7) is 3.89. The fraction of sp³-hybridized carbons (Fsp3) is 0.0870. The fourth-order valence-corrected chi connectivity index (χ4v) is 3.73. The first-order chi connectivity index (χ1) is 14.8. The lowest BCUT2D eigenvalue weighted by Crippen LogP contribution is -2.34. The monoisotopic (exact) mass is 469 g/mol. The lowest BCUT2D eigenvalue weighted by atomic mass is 10.1. The van der Waals surface area contributed by atoms with Crippen LogP contribution in [0.4, 0.5) is 5.69 Å². The van der Waals surface area contributed by atoms with Crippen molar-refractivity contribution in [2.45, 2.75) is 13.8 Å². The highest BCUT2D eigenvalue weighted by molar-refractivity contribution is 7.80. The van der Waals surface area contributed by atoms with E-state index in [-0.39, 0.29) is 11.0 Å². The van der Waals surface area contributed by atoms with Crippen LogP contribution in [-0.2, 0) is 0 Å². The number of carbonyl (C=O) groups is 1. The summed E-state index contributed by atoms with van der Waals surface area (Å²) in [4.78, 5) is 16.9. The maximum atomic E-state index is 12.4. The van der Waals surface area contributed by atoms with Crippen molar-refractivity contribution >= 4 is 63.2 Å². The lowest BCUT2D eigenvalue weighted by Gasteiger charge is -2.12. The van der Waals surface area contributed by atoms with Gasteiger partial charge in [-0.05, 0) is 68.0 Å². The van der Waals surface area contributed by atoms with Gasteiger partial charge in [0.2, 0.25) is 5.89 Å². The second-order valence-electron chi connectivity index (χ2n) is 7.06. The normalized spacial score (nSPS) is 10.8. The van der Waals surface area contributed by atoms with E-state index in [1.54, 1.807) is 24.3 Å². The highest BCUT2D eigenvalue weighted by Crippen LogP contribution is 2.33. The van der Waals surface area contributed by atoms with Gasteiger partial charge in [0.15, 0.2) is 10.7 Å². The number of benzene rings is 3. The second-order valence-corrected chi connectivity index (χ2v) is 8.31. The zero-order valence-corrected chi connectivity index (χ0v) is 19.0. The summed E-state index contributed by atoms with van der Waals surface area (Å²) < 4.78 is 5.84. The van der Waals surface area contributed by atoms with E-state index in [0.717, 1.165) is 22.4 Å². The lowest BCUT2D eigenvalue weighted by molar-refractivity contribution is 0.0977. The molecular formula is C23H17Cl2N3O2S. The summed E-state index contributed by atoms with van der Waals surface area (Å²) in [7, 11) is 0. The summed E-state index contributed by atoms with van der Waals surface area (Å²) in [6.07, 6.45) is 0. The Morgan fingerprint density at radius 3 is 2.52 bits per heavy atom. The van der Waals surface area contributed by atoms with Crippen molar-refractivity contribution in [3.63, 3.8) is 0 Å². The summed E-state index contributed by atoms with van der Waals surface area (Å²) in [5.41, 5.74) is 5.03. The summed E-state index contributed by atoms with van der Waals surface area (Å²) >= 11 is 17.6. The Labute approximate surface area is 194 Å². The third kappa shape index (κ3) is 4.71. The molecule has 0 saturated heterocycles. The number of anilines is 1. The molecule has 4 rings (SSSR count). The molecule has 1 amide bonds. The smallest absolute Gasteiger partial charge is 0.257 e. The molecule has 0 saturated carbocycles. The standard InChI is InChI=1S/C23H17Cl2N3O2S/c1-12-3-6-14(7-4-12)21(29)28-23(31)27-18-9-15(8-5-13(18)2)22-26-19-11-16(24)10-17(25)20(19)30-22/h3-11H,1-2H3,(H2,27,28,29,31). The number of hydrogen-bond donors (Lipinski definition) is 2. The average Bonchev–Trinajstić information content (AvgIpc) is 3.14. The van der Waals surface area contributed by atoms with Gasteiger partial charge in [0.1, 0.15) is 5.52 Å². The van der Waals surface area contributed by atoms with Crippen molar-refractivity contribution in [1.29, 1.82) is 0 Å². The number of thiocarbonyl (C=S) groups is 1. The minimum Gasteiger partial charge on any atom is -0.435 e. The Balaban J connectivity index is 1.55. The van der Waals surface area contributed by atoms with Crippen molar-refractivity contribution in [2.24, 2.45) is 0 Å². The van der Waals surface area contributed by atoms with Crippen LogP contribution in [0.25, 0.3) is 22.6 Å². The molecule has 0 aliphatic heterocycles. The van der Waals surface area contributed by atoms with E-state index in [2.05, 4.69) is 15.6 Å². The average molecular weight is 470 g/mol. The number of aryl methyl sites for hydroxylation is 2. The van der Waals surface area contributed by atoms with Gasteiger partial charge >= 0.3 is 0 Å². The number of hydrogen-bond acceptors (Lipinski definition) is 4. The largest absolute Gasteiger partial charge is 0.435 e. The van der Waals surface area contributed by atoms with Crippen LogP contribution in [0.1, 0.15) is 21.5 Å². The number of carbonyl (C=O) groups excluding carboxylic acids is 1. The highest BCUT2D eigenvalue weighted by Gasteiger charge is 2.14. The van der Waals surface area contributed by atoms with Gasteiger partial charge in [-0.1, -0.05) is 47.0 Å². The maximum absolute atomic E-state index is 12.4. The van der Waals surface area contributed by atoms with E-state index < -0.39 is 0 Å². The van der Waals surface area contributed by atoms with Gasteiger partial charge in [0.05, 0.1) is 5.02 Å². The van der Waals surface area contributed by atoms with Crippen molar-refractivity contribution in [1.82, 2.24) is 10.3 Å². The Kier molecular flexibility index (Phi) is 5.96. The van der Waals surface area contributed by atoms with Crippen molar-refractivity contribution < 1.29 is 9.21 Å². The third-order valence-corrected chi connectivity index (χ3v) is 5.39. The van der Waals surface area contributed by atoms with Crippen LogP contribution in [0.2, 0.25) is 10.0 Å². The van der Waals surface area contributed by atoms with Crippen LogP contribution in [0.5, 0.6) is 0 Å². The predicted octanol–water partition coefficient (Wildman–Crippen LogP) is 6.55. The molecule has 31 heavy (non-hydrogen) atoms. The molecule has 156 valence electrons. The Morgan fingerprint density at radius 2 is 1.77 bits per heavy atom. The zero-order valence-electron chi connectivity index (χ0n) is 16.6. The molecule has 0 radical (unpaired) electrons. The number of fused-ring (bicyclic) bond motifs is 1. The molecule has 5 nitrogen and oxygen atoms in total. The predicted molar refractivity (Wildman–Crippen MR) is 129 cm³/mol. The molecule has 0 aliphatic rings. The Morgan fingerprint density at radius 1 is 1.03 bits per heavy atom. The molecule has 2 N–H and O–H groups in total. The quantitative estimate of drug-likeness (QED) is 0.333. The minimum atomic E-state index is -0.281. The number of amides is 1. The third-order valence-electron chi connectivity index (χ3n) is 4.68. The molecule has 1 heterocycles. The molecule has 8 heteroatoms. The fourth-order valence-electron chi connectivity index (χ4n) is 3.01. The molecule has 0 spiro atoms. The first-order valence-corrected chi connectivity index (χ1v) is 10.5. The van der Waals surface area contributed by atoms with E-state index in [4.69, 9.17) is 39.8 Å². The summed E-state index contributed by atoms with van der Waals surface area (Å²) in [5.74, 6) is 0.119. The molecule has 1 aromatic heterocycles.